The molecule has 1 rings (SSSR count). The van der Waals surface area contributed by atoms with Gasteiger partial charge in [-0.25, -0.2) is 4.79 Å². The standard InChI is InChI=1S/C8H9F3N2O2/c1-2-3-15-7(14)5-4-12-13-6(5)8(9,10)11/h4H,2-3H2,1H3,(H,12,13). The van der Waals surface area contributed by atoms with Crippen LogP contribution in [0, 0.1) is 0 Å². The Morgan fingerprint density at radius 1 is 1.60 bits per heavy atom. The molecule has 0 atom stereocenters. The SMILES string of the molecule is CCCOC(=O)c1cn[nH]c1C(F)(F)F. The number of nitrogens with zero attached hydrogens (tertiary/aromatic N) is 1. The molecule has 0 spiro atoms. The van der Waals surface area contributed by atoms with Crippen molar-refractivity contribution in [2.45, 2.75) is 19.5 Å². The summed E-state index contributed by atoms with van der Waals surface area (Å²) in [6.45, 7) is 1.83. The Morgan fingerprint density at radius 3 is 2.80 bits per heavy atom. The zero-order valence-electron chi connectivity index (χ0n) is 7.89. The van der Waals surface area contributed by atoms with Crippen molar-refractivity contribution in [3.05, 3.63) is 17.5 Å². The second-order valence-electron chi connectivity index (χ2n) is 2.79. The van der Waals surface area contributed by atoms with E-state index in [9.17, 15) is 18.0 Å². The van der Waals surface area contributed by atoms with E-state index in [1.807, 2.05) is 0 Å². The Hall–Kier alpha value is -1.53. The summed E-state index contributed by atoms with van der Waals surface area (Å²) in [6.07, 6.45) is -3.27. The van der Waals surface area contributed by atoms with Crippen LogP contribution in [-0.4, -0.2) is 22.8 Å². The first-order valence-corrected chi connectivity index (χ1v) is 4.24. The van der Waals surface area contributed by atoms with Crippen LogP contribution in [0.2, 0.25) is 0 Å². The van der Waals surface area contributed by atoms with Crippen molar-refractivity contribution in [2.24, 2.45) is 0 Å². The van der Waals surface area contributed by atoms with Crippen LogP contribution in [0.3, 0.4) is 0 Å². The number of esters is 1. The molecular weight excluding hydrogens is 213 g/mol. The number of aromatic nitrogens is 2. The molecule has 1 heterocycles. The summed E-state index contributed by atoms with van der Waals surface area (Å²) >= 11 is 0. The molecule has 0 aliphatic rings. The highest BCUT2D eigenvalue weighted by atomic mass is 19.4. The predicted molar refractivity (Wildman–Crippen MR) is 44.2 cm³/mol. The number of hydrogen-bond acceptors (Lipinski definition) is 3. The fourth-order valence-electron chi connectivity index (χ4n) is 0.930. The third-order valence-electron chi connectivity index (χ3n) is 1.58. The molecule has 1 aromatic rings. The number of hydrogen-bond donors (Lipinski definition) is 1. The molecule has 0 aliphatic carbocycles. The number of carbonyl (C=O) groups is 1. The van der Waals surface area contributed by atoms with Crippen molar-refractivity contribution >= 4 is 5.97 Å². The lowest BCUT2D eigenvalue weighted by molar-refractivity contribution is -0.141. The predicted octanol–water partition coefficient (Wildman–Crippen LogP) is 2.00. The quantitative estimate of drug-likeness (QED) is 0.795. The Labute approximate surface area is 83.4 Å². The molecule has 7 heteroatoms. The van der Waals surface area contributed by atoms with Gasteiger partial charge in [0, 0.05) is 0 Å². The number of halogens is 3. The summed E-state index contributed by atoms with van der Waals surface area (Å²) < 4.78 is 41.4. The van der Waals surface area contributed by atoms with Crippen molar-refractivity contribution in [3.63, 3.8) is 0 Å². The van der Waals surface area contributed by atoms with E-state index < -0.39 is 23.4 Å². The van der Waals surface area contributed by atoms with Crippen LogP contribution in [-0.2, 0) is 10.9 Å². The number of rotatable bonds is 3. The molecule has 0 fully saturated rings. The summed E-state index contributed by atoms with van der Waals surface area (Å²) in [5, 5.41) is 4.90. The maximum absolute atomic E-state index is 12.3. The van der Waals surface area contributed by atoms with E-state index in [1.54, 1.807) is 12.0 Å². The zero-order valence-corrected chi connectivity index (χ0v) is 7.89. The third-order valence-corrected chi connectivity index (χ3v) is 1.58. The normalized spacial score (nSPS) is 11.5. The van der Waals surface area contributed by atoms with Gasteiger partial charge in [-0.05, 0) is 6.42 Å². The van der Waals surface area contributed by atoms with E-state index in [-0.39, 0.29) is 6.61 Å². The van der Waals surface area contributed by atoms with Crippen LogP contribution in [0.25, 0.3) is 0 Å². The van der Waals surface area contributed by atoms with Crippen molar-refractivity contribution in [1.82, 2.24) is 10.2 Å². The van der Waals surface area contributed by atoms with Crippen molar-refractivity contribution in [3.8, 4) is 0 Å². The van der Waals surface area contributed by atoms with E-state index in [0.29, 0.717) is 6.42 Å². The molecule has 0 saturated carbocycles. The van der Waals surface area contributed by atoms with E-state index in [2.05, 4.69) is 9.84 Å². The highest BCUT2D eigenvalue weighted by molar-refractivity contribution is 5.90. The lowest BCUT2D eigenvalue weighted by Crippen LogP contribution is -2.14. The van der Waals surface area contributed by atoms with Gasteiger partial charge in [-0.15, -0.1) is 0 Å². The Kier molecular flexibility index (Phi) is 3.33. The van der Waals surface area contributed by atoms with Gasteiger partial charge in [0.2, 0.25) is 0 Å². The molecule has 1 N–H and O–H groups in total. The van der Waals surface area contributed by atoms with Crippen LogP contribution < -0.4 is 0 Å². The van der Waals surface area contributed by atoms with Crippen LogP contribution in [0.4, 0.5) is 13.2 Å². The smallest absolute Gasteiger partial charge is 0.433 e. The minimum absolute atomic E-state index is 0.0846. The maximum atomic E-state index is 12.3. The van der Waals surface area contributed by atoms with Gasteiger partial charge in [0.05, 0.1) is 12.8 Å². The van der Waals surface area contributed by atoms with Gasteiger partial charge in [-0.2, -0.15) is 18.3 Å². The van der Waals surface area contributed by atoms with Crippen LogP contribution >= 0.6 is 0 Å². The summed E-state index contributed by atoms with van der Waals surface area (Å²) in [5.74, 6) is -1.02. The Bertz CT molecular complexity index is 346. The van der Waals surface area contributed by atoms with Crippen molar-refractivity contribution in [2.75, 3.05) is 6.61 Å². The third kappa shape index (κ3) is 2.71. The number of carbonyl (C=O) groups excluding carboxylic acids is 1. The lowest BCUT2D eigenvalue weighted by atomic mass is 10.2. The van der Waals surface area contributed by atoms with Crippen LogP contribution in [0.1, 0.15) is 29.4 Å². The number of nitrogens with one attached hydrogen (secondary N) is 1. The van der Waals surface area contributed by atoms with E-state index >= 15 is 0 Å². The molecule has 0 unspecified atom stereocenters. The highest BCUT2D eigenvalue weighted by Gasteiger charge is 2.37. The average molecular weight is 222 g/mol. The maximum Gasteiger partial charge on any atom is 0.433 e. The zero-order chi connectivity index (χ0) is 11.5. The minimum atomic E-state index is -4.63. The number of alkyl halides is 3. The first-order valence-electron chi connectivity index (χ1n) is 4.24. The minimum Gasteiger partial charge on any atom is -0.462 e. The molecule has 0 aliphatic heterocycles. The Balaban J connectivity index is 2.86. The molecular formula is C8H9F3N2O2. The fourth-order valence-corrected chi connectivity index (χ4v) is 0.930. The molecule has 0 amide bonds. The van der Waals surface area contributed by atoms with Crippen molar-refractivity contribution in [1.29, 1.82) is 0 Å². The molecule has 0 aromatic carbocycles. The summed E-state index contributed by atoms with van der Waals surface area (Å²) in [4.78, 5) is 11.1. The largest absolute Gasteiger partial charge is 0.462 e. The monoisotopic (exact) mass is 222 g/mol. The number of aromatic amines is 1. The Morgan fingerprint density at radius 2 is 2.27 bits per heavy atom. The van der Waals surface area contributed by atoms with Crippen molar-refractivity contribution < 1.29 is 22.7 Å². The molecule has 0 bridgehead atoms. The fraction of sp³-hybridized carbons (Fsp3) is 0.500. The van der Waals surface area contributed by atoms with Crippen LogP contribution in [0.15, 0.2) is 6.20 Å². The molecule has 1 aromatic heterocycles. The van der Waals surface area contributed by atoms with E-state index in [4.69, 9.17) is 0 Å². The molecule has 84 valence electrons. The average Bonchev–Trinajstić information content (AvgIpc) is 2.61. The second kappa shape index (κ2) is 4.33. The van der Waals surface area contributed by atoms with Gasteiger partial charge in [-0.3, -0.25) is 5.10 Å². The molecule has 0 radical (unpaired) electrons. The second-order valence-corrected chi connectivity index (χ2v) is 2.79. The lowest BCUT2D eigenvalue weighted by Gasteiger charge is -2.06. The van der Waals surface area contributed by atoms with Gasteiger partial charge in [0.15, 0.2) is 5.69 Å². The first kappa shape index (κ1) is 11.5. The molecule has 0 saturated heterocycles. The van der Waals surface area contributed by atoms with E-state index in [1.165, 1.54) is 0 Å². The van der Waals surface area contributed by atoms with Gasteiger partial charge >= 0.3 is 12.1 Å². The van der Waals surface area contributed by atoms with Gasteiger partial charge in [-0.1, -0.05) is 6.92 Å². The van der Waals surface area contributed by atoms with Crippen LogP contribution in [0.5, 0.6) is 0 Å². The van der Waals surface area contributed by atoms with E-state index in [0.717, 1.165) is 6.20 Å². The number of ether oxygens (including phenoxy) is 1. The highest BCUT2D eigenvalue weighted by Crippen LogP contribution is 2.30. The van der Waals surface area contributed by atoms with Gasteiger partial charge in [0.1, 0.15) is 5.56 Å². The summed E-state index contributed by atoms with van der Waals surface area (Å²) in [5.41, 5.74) is -1.76. The van der Waals surface area contributed by atoms with Gasteiger partial charge in [0.25, 0.3) is 0 Å². The number of H-pyrrole nitrogens is 1. The first-order chi connectivity index (χ1) is 6.96. The molecule has 4 nitrogen and oxygen atoms in total. The summed E-state index contributed by atoms with van der Waals surface area (Å²) in [7, 11) is 0. The molecule has 15 heavy (non-hydrogen) atoms. The van der Waals surface area contributed by atoms with Gasteiger partial charge < -0.3 is 4.74 Å². The summed E-state index contributed by atoms with van der Waals surface area (Å²) in [6, 6.07) is 0. The topological polar surface area (TPSA) is 55.0 Å².